The summed E-state index contributed by atoms with van der Waals surface area (Å²) < 4.78 is 44.0. The Morgan fingerprint density at radius 3 is 2.26 bits per heavy atom. The Kier molecular flexibility index (Phi) is 6.78. The van der Waals surface area contributed by atoms with Gasteiger partial charge in [-0.2, -0.15) is 4.31 Å². The lowest BCUT2D eigenvalue weighted by molar-refractivity contribution is -0.127. The number of fused-ring (bicyclic) bond motifs is 1. The molecule has 2 aromatic carbocycles. The lowest BCUT2D eigenvalue weighted by Gasteiger charge is -2.39. The van der Waals surface area contributed by atoms with Crippen molar-refractivity contribution in [2.45, 2.75) is 49.6 Å². The minimum Gasteiger partial charge on any atom is -0.497 e. The van der Waals surface area contributed by atoms with Crippen molar-refractivity contribution >= 4 is 15.9 Å². The number of amides is 1. The van der Waals surface area contributed by atoms with Crippen molar-refractivity contribution in [3.63, 3.8) is 0 Å². The molecule has 0 aliphatic carbocycles. The van der Waals surface area contributed by atoms with Crippen LogP contribution in [0.15, 0.2) is 47.4 Å². The van der Waals surface area contributed by atoms with Crippen molar-refractivity contribution in [2.24, 2.45) is 5.92 Å². The van der Waals surface area contributed by atoms with Gasteiger partial charge in [0.1, 0.15) is 22.8 Å². The summed E-state index contributed by atoms with van der Waals surface area (Å²) in [5, 5.41) is 3.19. The number of nitrogens with one attached hydrogen (secondary N) is 1. The lowest BCUT2D eigenvalue weighted by atomic mass is 9.88. The van der Waals surface area contributed by atoms with Crippen molar-refractivity contribution in [1.82, 2.24) is 9.62 Å². The normalized spacial score (nSPS) is 20.6. The fourth-order valence-corrected chi connectivity index (χ4v) is 6.10. The van der Waals surface area contributed by atoms with Gasteiger partial charge in [0.25, 0.3) is 0 Å². The predicted octanol–water partition coefficient (Wildman–Crippen LogP) is 3.52. The first-order valence-electron chi connectivity index (χ1n) is 11.4. The first-order chi connectivity index (χ1) is 16.1. The lowest BCUT2D eigenvalue weighted by Crippen LogP contribution is -2.46. The van der Waals surface area contributed by atoms with Crippen LogP contribution in [-0.4, -0.2) is 51.5 Å². The number of benzene rings is 2. The van der Waals surface area contributed by atoms with Crippen molar-refractivity contribution in [1.29, 1.82) is 0 Å². The predicted molar refractivity (Wildman–Crippen MR) is 128 cm³/mol. The van der Waals surface area contributed by atoms with E-state index in [1.54, 1.807) is 31.4 Å². The third kappa shape index (κ3) is 5.00. The van der Waals surface area contributed by atoms with Gasteiger partial charge >= 0.3 is 0 Å². The molecule has 4 rings (SSSR count). The summed E-state index contributed by atoms with van der Waals surface area (Å²) >= 11 is 0. The van der Waals surface area contributed by atoms with Crippen LogP contribution in [0.25, 0.3) is 0 Å². The Morgan fingerprint density at radius 1 is 1.03 bits per heavy atom. The van der Waals surface area contributed by atoms with Gasteiger partial charge in [0.15, 0.2) is 0 Å². The molecule has 1 atom stereocenters. The highest BCUT2D eigenvalue weighted by molar-refractivity contribution is 7.89. The molecule has 0 saturated carbocycles. The van der Waals surface area contributed by atoms with E-state index in [1.165, 1.54) is 11.4 Å². The molecule has 1 N–H and O–H groups in total. The fourth-order valence-electron chi connectivity index (χ4n) is 4.63. The monoisotopic (exact) mass is 488 g/mol. The molecule has 2 aromatic rings. The number of methoxy groups -OCH3 is 2. The van der Waals surface area contributed by atoms with Crippen LogP contribution in [0, 0.1) is 5.92 Å². The molecular formula is C25H32N2O6S. The second-order valence-electron chi connectivity index (χ2n) is 9.38. The minimum atomic E-state index is -3.61. The summed E-state index contributed by atoms with van der Waals surface area (Å²) in [7, 11) is -0.463. The quantitative estimate of drug-likeness (QED) is 0.669. The van der Waals surface area contributed by atoms with Gasteiger partial charge in [-0.25, -0.2) is 8.42 Å². The van der Waals surface area contributed by atoms with Gasteiger partial charge in [0.05, 0.1) is 25.2 Å². The second kappa shape index (κ2) is 9.46. The molecule has 184 valence electrons. The van der Waals surface area contributed by atoms with Crippen LogP contribution < -0.4 is 19.5 Å². The zero-order valence-corrected chi connectivity index (χ0v) is 20.9. The van der Waals surface area contributed by atoms with Gasteiger partial charge in [-0.15, -0.1) is 0 Å². The van der Waals surface area contributed by atoms with E-state index in [1.807, 2.05) is 32.0 Å². The maximum absolute atomic E-state index is 13.1. The van der Waals surface area contributed by atoms with E-state index in [4.69, 9.17) is 14.2 Å². The number of carbonyl (C=O) groups excluding carboxylic acids is 1. The van der Waals surface area contributed by atoms with Crippen molar-refractivity contribution in [3.8, 4) is 17.2 Å². The number of hydrogen-bond donors (Lipinski definition) is 1. The molecule has 34 heavy (non-hydrogen) atoms. The number of ether oxygens (including phenoxy) is 3. The zero-order valence-electron chi connectivity index (χ0n) is 20.0. The molecule has 1 saturated heterocycles. The van der Waals surface area contributed by atoms with Crippen molar-refractivity contribution < 1.29 is 27.4 Å². The van der Waals surface area contributed by atoms with Crippen LogP contribution in [-0.2, 0) is 14.8 Å². The summed E-state index contributed by atoms with van der Waals surface area (Å²) in [5.74, 6) is 1.72. The molecule has 1 amide bonds. The van der Waals surface area contributed by atoms with Gasteiger partial charge < -0.3 is 19.5 Å². The van der Waals surface area contributed by atoms with Gasteiger partial charge in [-0.05, 0) is 63.1 Å². The van der Waals surface area contributed by atoms with Gasteiger partial charge in [0, 0.05) is 37.1 Å². The summed E-state index contributed by atoms with van der Waals surface area (Å²) in [6.07, 6.45) is 1.59. The SMILES string of the molecule is COc1ccc(S(=O)(=O)N2CCC(C(=O)NC3CC(C)(C)Oc4cc(OC)ccc43)CC2)cc1. The highest BCUT2D eigenvalue weighted by Gasteiger charge is 2.37. The Labute approximate surface area is 201 Å². The maximum atomic E-state index is 13.1. The topological polar surface area (TPSA) is 94.2 Å². The zero-order chi connectivity index (χ0) is 24.5. The van der Waals surface area contributed by atoms with E-state index < -0.39 is 15.6 Å². The Morgan fingerprint density at radius 2 is 1.65 bits per heavy atom. The average molecular weight is 489 g/mol. The molecule has 1 unspecified atom stereocenters. The number of carbonyl (C=O) groups is 1. The number of rotatable bonds is 6. The third-order valence-electron chi connectivity index (χ3n) is 6.52. The minimum absolute atomic E-state index is 0.0500. The highest BCUT2D eigenvalue weighted by Crippen LogP contribution is 2.41. The summed E-state index contributed by atoms with van der Waals surface area (Å²) in [4.78, 5) is 13.4. The number of nitrogens with zero attached hydrogens (tertiary/aromatic N) is 1. The van der Waals surface area contributed by atoms with Crippen LogP contribution in [0.2, 0.25) is 0 Å². The Bertz CT molecular complexity index is 1140. The van der Waals surface area contributed by atoms with Gasteiger partial charge in [0.2, 0.25) is 15.9 Å². The molecule has 2 heterocycles. The standard InChI is InChI=1S/C25H32N2O6S/c1-25(2)16-22(21-10-7-19(32-4)15-23(21)33-25)26-24(28)17-11-13-27(14-12-17)34(29,30)20-8-5-18(31-3)6-9-20/h5-10,15,17,22H,11-14,16H2,1-4H3,(H,26,28). The number of piperidine rings is 1. The summed E-state index contributed by atoms with van der Waals surface area (Å²) in [6.45, 7) is 4.60. The highest BCUT2D eigenvalue weighted by atomic mass is 32.2. The molecule has 0 aromatic heterocycles. The van der Waals surface area contributed by atoms with Gasteiger partial charge in [-0.1, -0.05) is 0 Å². The summed E-state index contributed by atoms with van der Waals surface area (Å²) in [5.41, 5.74) is 0.487. The van der Waals surface area contributed by atoms with Crippen LogP contribution in [0.3, 0.4) is 0 Å². The Balaban J connectivity index is 1.41. The van der Waals surface area contributed by atoms with E-state index >= 15 is 0 Å². The second-order valence-corrected chi connectivity index (χ2v) is 11.3. The van der Waals surface area contributed by atoms with E-state index in [0.29, 0.717) is 49.6 Å². The first kappa shape index (κ1) is 24.3. The largest absolute Gasteiger partial charge is 0.497 e. The third-order valence-corrected chi connectivity index (χ3v) is 8.43. The number of hydrogen-bond acceptors (Lipinski definition) is 6. The summed E-state index contributed by atoms with van der Waals surface area (Å²) in [6, 6.07) is 11.8. The maximum Gasteiger partial charge on any atom is 0.243 e. The van der Waals surface area contributed by atoms with E-state index in [9.17, 15) is 13.2 Å². The molecular weight excluding hydrogens is 456 g/mol. The van der Waals surface area contributed by atoms with Crippen LogP contribution in [0.5, 0.6) is 17.2 Å². The van der Waals surface area contributed by atoms with Crippen LogP contribution >= 0.6 is 0 Å². The molecule has 1 fully saturated rings. The van der Waals surface area contributed by atoms with E-state index in [2.05, 4.69) is 5.32 Å². The Hall–Kier alpha value is -2.78. The van der Waals surface area contributed by atoms with E-state index in [0.717, 1.165) is 5.56 Å². The average Bonchev–Trinajstić information content (AvgIpc) is 2.83. The van der Waals surface area contributed by atoms with Crippen LogP contribution in [0.4, 0.5) is 0 Å². The molecule has 8 nitrogen and oxygen atoms in total. The molecule has 0 spiro atoms. The molecule has 2 aliphatic heterocycles. The van der Waals surface area contributed by atoms with E-state index in [-0.39, 0.29) is 22.8 Å². The molecule has 9 heteroatoms. The molecule has 2 aliphatic rings. The van der Waals surface area contributed by atoms with Crippen molar-refractivity contribution in [3.05, 3.63) is 48.0 Å². The van der Waals surface area contributed by atoms with Crippen molar-refractivity contribution in [2.75, 3.05) is 27.3 Å². The number of sulfonamides is 1. The smallest absolute Gasteiger partial charge is 0.243 e. The fraction of sp³-hybridized carbons (Fsp3) is 0.480. The molecule has 0 radical (unpaired) electrons. The molecule has 0 bridgehead atoms. The first-order valence-corrected chi connectivity index (χ1v) is 12.9. The van der Waals surface area contributed by atoms with Gasteiger partial charge in [-0.3, -0.25) is 4.79 Å². The van der Waals surface area contributed by atoms with Crippen LogP contribution in [0.1, 0.15) is 44.7 Å².